The summed E-state index contributed by atoms with van der Waals surface area (Å²) in [4.78, 5) is 15.0. The van der Waals surface area contributed by atoms with Crippen molar-refractivity contribution >= 4 is 23.7 Å². The molecule has 7 heteroatoms. The predicted molar refractivity (Wildman–Crippen MR) is 125 cm³/mol. The third-order valence-electron chi connectivity index (χ3n) is 5.91. The Morgan fingerprint density at radius 2 is 1.84 bits per heavy atom. The summed E-state index contributed by atoms with van der Waals surface area (Å²) in [7, 11) is 1.68. The molecule has 0 radical (unpaired) electrons. The van der Waals surface area contributed by atoms with Crippen LogP contribution in [0.25, 0.3) is 0 Å². The van der Waals surface area contributed by atoms with Crippen molar-refractivity contribution in [2.45, 2.75) is 38.9 Å². The lowest BCUT2D eigenvalue weighted by atomic mass is 10.0. The summed E-state index contributed by atoms with van der Waals surface area (Å²) >= 11 is 1.65. The van der Waals surface area contributed by atoms with Crippen LogP contribution in [0.1, 0.15) is 34.3 Å². The van der Waals surface area contributed by atoms with Crippen LogP contribution in [-0.2, 0) is 4.74 Å². The number of benzene rings is 2. The van der Waals surface area contributed by atoms with Gasteiger partial charge >= 0.3 is 0 Å². The normalized spacial score (nSPS) is 21.5. The first-order chi connectivity index (χ1) is 15.0. The molecule has 31 heavy (non-hydrogen) atoms. The van der Waals surface area contributed by atoms with Gasteiger partial charge < -0.3 is 19.1 Å². The molecular formula is C24H31N3O3S. The molecule has 0 aliphatic carbocycles. The van der Waals surface area contributed by atoms with E-state index in [2.05, 4.69) is 9.03 Å². The molecule has 2 atom stereocenters. The van der Waals surface area contributed by atoms with Crippen LogP contribution in [-0.4, -0.2) is 60.6 Å². The SMILES string of the molecule is COC1CN(C(=O)c2cc(C)ccc2C)CC1Oc1cccc(NSN2CCCC2)c1. The summed E-state index contributed by atoms with van der Waals surface area (Å²) in [5.41, 5.74) is 3.83. The number of amides is 1. The Morgan fingerprint density at radius 3 is 2.61 bits per heavy atom. The number of ether oxygens (including phenoxy) is 2. The van der Waals surface area contributed by atoms with Crippen LogP contribution in [0.4, 0.5) is 5.69 Å². The molecule has 6 nitrogen and oxygen atoms in total. The van der Waals surface area contributed by atoms with E-state index in [1.807, 2.05) is 61.2 Å². The molecule has 1 amide bonds. The number of anilines is 1. The van der Waals surface area contributed by atoms with Crippen molar-refractivity contribution in [3.8, 4) is 5.75 Å². The van der Waals surface area contributed by atoms with Crippen molar-refractivity contribution in [1.82, 2.24) is 9.21 Å². The molecule has 4 rings (SSSR count). The monoisotopic (exact) mass is 441 g/mol. The number of nitrogens with zero attached hydrogens (tertiary/aromatic N) is 2. The zero-order chi connectivity index (χ0) is 21.8. The zero-order valence-corrected chi connectivity index (χ0v) is 19.3. The second-order valence-corrected chi connectivity index (χ2v) is 9.22. The quantitative estimate of drug-likeness (QED) is 0.647. The van der Waals surface area contributed by atoms with Crippen LogP contribution >= 0.6 is 12.1 Å². The Labute approximate surface area is 189 Å². The highest BCUT2D eigenvalue weighted by Crippen LogP contribution is 2.27. The van der Waals surface area contributed by atoms with Gasteiger partial charge in [0.05, 0.1) is 13.1 Å². The molecule has 2 aliphatic heterocycles. The molecule has 2 saturated heterocycles. The van der Waals surface area contributed by atoms with Crippen molar-refractivity contribution in [2.75, 3.05) is 38.0 Å². The topological polar surface area (TPSA) is 54.0 Å². The minimum atomic E-state index is -0.208. The Hall–Kier alpha value is -2.22. The lowest BCUT2D eigenvalue weighted by Gasteiger charge is -2.20. The fourth-order valence-electron chi connectivity index (χ4n) is 4.09. The van der Waals surface area contributed by atoms with Crippen molar-refractivity contribution in [3.63, 3.8) is 0 Å². The lowest BCUT2D eigenvalue weighted by molar-refractivity contribution is 0.0340. The summed E-state index contributed by atoms with van der Waals surface area (Å²) in [6.45, 7) is 7.25. The smallest absolute Gasteiger partial charge is 0.254 e. The van der Waals surface area contributed by atoms with E-state index in [-0.39, 0.29) is 18.1 Å². The first-order valence-corrected chi connectivity index (χ1v) is 11.6. The Morgan fingerprint density at radius 1 is 1.06 bits per heavy atom. The van der Waals surface area contributed by atoms with Crippen LogP contribution in [0, 0.1) is 13.8 Å². The highest BCUT2D eigenvalue weighted by molar-refractivity contribution is 7.98. The molecule has 0 aromatic heterocycles. The predicted octanol–water partition coefficient (Wildman–Crippen LogP) is 4.29. The van der Waals surface area contributed by atoms with Gasteiger partial charge in [0.25, 0.3) is 5.91 Å². The number of aryl methyl sites for hydroxylation is 2. The Balaban J connectivity index is 1.40. The van der Waals surface area contributed by atoms with Crippen molar-refractivity contribution in [1.29, 1.82) is 0 Å². The third kappa shape index (κ3) is 5.34. The fraction of sp³-hybridized carbons (Fsp3) is 0.458. The molecule has 0 bridgehead atoms. The molecule has 0 saturated carbocycles. The fourth-order valence-corrected chi connectivity index (χ4v) is 4.89. The number of methoxy groups -OCH3 is 1. The van der Waals surface area contributed by atoms with Crippen LogP contribution in [0.2, 0.25) is 0 Å². The summed E-state index contributed by atoms with van der Waals surface area (Å²) in [5, 5.41) is 0. The summed E-state index contributed by atoms with van der Waals surface area (Å²) < 4.78 is 17.7. The van der Waals surface area contributed by atoms with Gasteiger partial charge in [0.15, 0.2) is 0 Å². The summed E-state index contributed by atoms with van der Waals surface area (Å²) in [5.74, 6) is 0.812. The summed E-state index contributed by atoms with van der Waals surface area (Å²) in [6, 6.07) is 14.0. The molecule has 2 aromatic carbocycles. The number of hydrogen-bond donors (Lipinski definition) is 1. The Bertz CT molecular complexity index is 917. The van der Waals surface area contributed by atoms with Gasteiger partial charge in [-0.2, -0.15) is 0 Å². The molecule has 1 N–H and O–H groups in total. The molecule has 2 aromatic rings. The van der Waals surface area contributed by atoms with E-state index in [1.54, 1.807) is 19.2 Å². The highest BCUT2D eigenvalue weighted by atomic mass is 32.2. The third-order valence-corrected chi connectivity index (χ3v) is 6.86. The van der Waals surface area contributed by atoms with E-state index >= 15 is 0 Å². The van der Waals surface area contributed by atoms with Gasteiger partial charge in [0, 0.05) is 49.7 Å². The van der Waals surface area contributed by atoms with E-state index in [1.165, 1.54) is 12.8 Å². The summed E-state index contributed by atoms with van der Waals surface area (Å²) in [6.07, 6.45) is 2.15. The van der Waals surface area contributed by atoms with Crippen LogP contribution in [0.15, 0.2) is 42.5 Å². The highest BCUT2D eigenvalue weighted by Gasteiger charge is 2.37. The lowest BCUT2D eigenvalue weighted by Crippen LogP contribution is -2.32. The standard InChI is InChI=1S/C24H31N3O3S/c1-17-9-10-18(2)21(13-17)24(28)26-15-22(29-3)23(16-26)30-20-8-6-7-19(14-20)25-31-27-11-4-5-12-27/h6-10,13-14,22-23,25H,4-5,11-12,15-16H2,1-3H3. The van der Waals surface area contributed by atoms with Crippen LogP contribution < -0.4 is 9.46 Å². The average Bonchev–Trinajstić information content (AvgIpc) is 3.43. The average molecular weight is 442 g/mol. The maximum absolute atomic E-state index is 13.1. The van der Waals surface area contributed by atoms with E-state index in [0.29, 0.717) is 13.1 Å². The molecule has 2 fully saturated rings. The van der Waals surface area contributed by atoms with Crippen molar-refractivity contribution in [3.05, 3.63) is 59.2 Å². The molecule has 2 heterocycles. The second kappa shape index (κ2) is 9.94. The number of rotatable bonds is 7. The molecular weight excluding hydrogens is 410 g/mol. The number of likely N-dealkylation sites (tertiary alicyclic amines) is 1. The number of carbonyl (C=O) groups is 1. The van der Waals surface area contributed by atoms with Gasteiger partial charge in [-0.15, -0.1) is 0 Å². The minimum absolute atomic E-state index is 0.0341. The van der Waals surface area contributed by atoms with Crippen molar-refractivity contribution in [2.24, 2.45) is 0 Å². The van der Waals surface area contributed by atoms with Gasteiger partial charge in [-0.05, 0) is 50.5 Å². The number of hydrogen-bond acceptors (Lipinski definition) is 6. The van der Waals surface area contributed by atoms with Gasteiger partial charge in [-0.3, -0.25) is 4.79 Å². The van der Waals surface area contributed by atoms with Gasteiger partial charge in [0.1, 0.15) is 18.0 Å². The van der Waals surface area contributed by atoms with Gasteiger partial charge in [-0.1, -0.05) is 23.8 Å². The van der Waals surface area contributed by atoms with Gasteiger partial charge in [0.2, 0.25) is 0 Å². The Kier molecular flexibility index (Phi) is 7.05. The first-order valence-electron chi connectivity index (χ1n) is 10.9. The van der Waals surface area contributed by atoms with Crippen molar-refractivity contribution < 1.29 is 14.3 Å². The molecule has 0 spiro atoms. The second-order valence-electron chi connectivity index (χ2n) is 8.32. The van der Waals surface area contributed by atoms with E-state index in [4.69, 9.17) is 9.47 Å². The largest absolute Gasteiger partial charge is 0.486 e. The number of nitrogens with one attached hydrogen (secondary N) is 1. The first kappa shape index (κ1) is 22.0. The molecule has 2 aliphatic rings. The maximum atomic E-state index is 13.1. The van der Waals surface area contributed by atoms with Crippen LogP contribution in [0.5, 0.6) is 5.75 Å². The minimum Gasteiger partial charge on any atom is -0.486 e. The van der Waals surface area contributed by atoms with Crippen LogP contribution in [0.3, 0.4) is 0 Å². The molecule has 166 valence electrons. The maximum Gasteiger partial charge on any atom is 0.254 e. The zero-order valence-electron chi connectivity index (χ0n) is 18.5. The molecule has 2 unspecified atom stereocenters. The van der Waals surface area contributed by atoms with E-state index in [9.17, 15) is 4.79 Å². The van der Waals surface area contributed by atoms with Gasteiger partial charge in [-0.25, -0.2) is 4.31 Å². The van der Waals surface area contributed by atoms with E-state index < -0.39 is 0 Å². The number of carbonyl (C=O) groups excluding carboxylic acids is 1. The van der Waals surface area contributed by atoms with E-state index in [0.717, 1.165) is 41.2 Å².